The molecule has 2 atom stereocenters. The van der Waals surface area contributed by atoms with Crippen molar-refractivity contribution in [1.82, 2.24) is 9.91 Å². The first-order valence-electron chi connectivity index (χ1n) is 12.4. The van der Waals surface area contributed by atoms with Crippen LogP contribution in [0.5, 0.6) is 5.75 Å². The van der Waals surface area contributed by atoms with E-state index in [4.69, 9.17) is 14.6 Å². The summed E-state index contributed by atoms with van der Waals surface area (Å²) in [5, 5.41) is 6.47. The average Bonchev–Trinajstić information content (AvgIpc) is 3.31. The number of aryl methyl sites for hydroxylation is 2. The Bertz CT molecular complexity index is 1110. The number of para-hydroxylation sites is 1. The number of nitrogens with zero attached hydrogens (tertiary/aromatic N) is 3. The molecule has 2 aliphatic rings. The number of benzene rings is 2. The summed E-state index contributed by atoms with van der Waals surface area (Å²) in [4.78, 5) is 28.2. The summed E-state index contributed by atoms with van der Waals surface area (Å²) in [6.45, 7) is 7.08. The lowest BCUT2D eigenvalue weighted by atomic mass is 9.94. The Morgan fingerprint density at radius 1 is 1.11 bits per heavy atom. The van der Waals surface area contributed by atoms with Gasteiger partial charge >= 0.3 is 5.97 Å². The normalized spacial score (nSPS) is 20.5. The van der Waals surface area contributed by atoms with Crippen molar-refractivity contribution in [1.29, 1.82) is 0 Å². The molecule has 0 unspecified atom stereocenters. The maximum Gasteiger partial charge on any atom is 0.323 e. The van der Waals surface area contributed by atoms with Gasteiger partial charge in [0.2, 0.25) is 0 Å². The number of amides is 1. The van der Waals surface area contributed by atoms with Crippen molar-refractivity contribution in [2.45, 2.75) is 58.5 Å². The average molecular weight is 478 g/mol. The van der Waals surface area contributed by atoms with Crippen molar-refractivity contribution in [2.75, 3.05) is 26.8 Å². The summed E-state index contributed by atoms with van der Waals surface area (Å²) in [6.07, 6.45) is 3.21. The smallest absolute Gasteiger partial charge is 0.323 e. The van der Waals surface area contributed by atoms with Gasteiger partial charge in [-0.2, -0.15) is 5.10 Å². The van der Waals surface area contributed by atoms with Gasteiger partial charge < -0.3 is 9.47 Å². The topological polar surface area (TPSA) is 71.4 Å². The molecular formula is C28H35N3O4. The summed E-state index contributed by atoms with van der Waals surface area (Å²) in [7, 11) is 1.64. The molecule has 0 saturated carbocycles. The Morgan fingerprint density at radius 3 is 2.69 bits per heavy atom. The third kappa shape index (κ3) is 5.40. The number of methoxy groups -OCH3 is 1. The fourth-order valence-corrected chi connectivity index (χ4v) is 5.07. The van der Waals surface area contributed by atoms with Gasteiger partial charge in [-0.15, -0.1) is 0 Å². The number of carbonyl (C=O) groups excluding carboxylic acids is 2. The number of ether oxygens (including phenoxy) is 2. The van der Waals surface area contributed by atoms with E-state index in [0.29, 0.717) is 26.0 Å². The number of rotatable bonds is 7. The third-order valence-electron chi connectivity index (χ3n) is 6.88. The molecule has 1 amide bonds. The van der Waals surface area contributed by atoms with Gasteiger partial charge in [-0.05, 0) is 57.9 Å². The minimum atomic E-state index is -0.387. The van der Waals surface area contributed by atoms with Crippen LogP contribution in [0, 0.1) is 13.8 Å². The van der Waals surface area contributed by atoms with Crippen molar-refractivity contribution in [3.05, 3.63) is 64.7 Å². The van der Waals surface area contributed by atoms with Crippen LogP contribution in [0.3, 0.4) is 0 Å². The molecule has 0 bridgehead atoms. The van der Waals surface area contributed by atoms with Crippen LogP contribution < -0.4 is 4.74 Å². The number of likely N-dealkylation sites (tertiary alicyclic amines) is 1. The van der Waals surface area contributed by atoms with E-state index in [1.165, 1.54) is 0 Å². The molecule has 1 fully saturated rings. The molecule has 0 N–H and O–H groups in total. The number of hydrogen-bond acceptors (Lipinski definition) is 6. The highest BCUT2D eigenvalue weighted by atomic mass is 16.5. The van der Waals surface area contributed by atoms with Crippen molar-refractivity contribution in [2.24, 2.45) is 5.10 Å². The zero-order valence-electron chi connectivity index (χ0n) is 21.1. The number of esters is 1. The first kappa shape index (κ1) is 24.9. The van der Waals surface area contributed by atoms with E-state index >= 15 is 0 Å². The highest BCUT2D eigenvalue weighted by Crippen LogP contribution is 2.38. The fourth-order valence-electron chi connectivity index (χ4n) is 5.07. The van der Waals surface area contributed by atoms with E-state index < -0.39 is 0 Å². The highest BCUT2D eigenvalue weighted by Gasteiger charge is 2.38. The molecule has 7 nitrogen and oxygen atoms in total. The predicted octanol–water partition coefficient (Wildman–Crippen LogP) is 4.41. The first-order chi connectivity index (χ1) is 16.9. The Balaban J connectivity index is 1.66. The van der Waals surface area contributed by atoms with Crippen LogP contribution in [0.2, 0.25) is 0 Å². The van der Waals surface area contributed by atoms with Gasteiger partial charge in [-0.3, -0.25) is 14.5 Å². The summed E-state index contributed by atoms with van der Waals surface area (Å²) < 4.78 is 10.9. The second-order valence-electron chi connectivity index (χ2n) is 9.30. The molecule has 2 aromatic rings. The van der Waals surface area contributed by atoms with Crippen molar-refractivity contribution in [3.8, 4) is 5.75 Å². The molecular weight excluding hydrogens is 442 g/mol. The monoisotopic (exact) mass is 477 g/mol. The molecule has 2 heterocycles. The van der Waals surface area contributed by atoms with Crippen LogP contribution in [-0.4, -0.2) is 60.3 Å². The van der Waals surface area contributed by atoms with Crippen LogP contribution in [0.15, 0.2) is 47.6 Å². The largest absolute Gasteiger partial charge is 0.496 e. The van der Waals surface area contributed by atoms with Crippen molar-refractivity contribution >= 4 is 17.6 Å². The van der Waals surface area contributed by atoms with Gasteiger partial charge in [0, 0.05) is 17.5 Å². The van der Waals surface area contributed by atoms with E-state index in [9.17, 15) is 9.59 Å². The maximum atomic E-state index is 13.7. The van der Waals surface area contributed by atoms with Crippen LogP contribution in [0.4, 0.5) is 0 Å². The quantitative estimate of drug-likeness (QED) is 0.553. The molecule has 0 spiro atoms. The molecule has 2 aliphatic heterocycles. The minimum Gasteiger partial charge on any atom is -0.496 e. The number of piperidine rings is 1. The van der Waals surface area contributed by atoms with E-state index in [1.807, 2.05) is 36.1 Å². The van der Waals surface area contributed by atoms with E-state index in [0.717, 1.165) is 46.6 Å². The molecule has 186 valence electrons. The summed E-state index contributed by atoms with van der Waals surface area (Å²) >= 11 is 0. The lowest BCUT2D eigenvalue weighted by Gasteiger charge is -2.34. The summed E-state index contributed by atoms with van der Waals surface area (Å²) in [5.74, 6) is 0.356. The lowest BCUT2D eigenvalue weighted by molar-refractivity contribution is -0.152. The second kappa shape index (κ2) is 11.0. The molecule has 1 saturated heterocycles. The molecule has 0 radical (unpaired) electrons. The van der Waals surface area contributed by atoms with Crippen molar-refractivity contribution in [3.63, 3.8) is 0 Å². The van der Waals surface area contributed by atoms with Crippen molar-refractivity contribution < 1.29 is 19.1 Å². The van der Waals surface area contributed by atoms with E-state index in [-0.39, 0.29) is 30.5 Å². The number of carbonyl (C=O) groups is 2. The van der Waals surface area contributed by atoms with Gasteiger partial charge in [0.15, 0.2) is 0 Å². The Kier molecular flexibility index (Phi) is 7.86. The summed E-state index contributed by atoms with van der Waals surface area (Å²) in [6, 6.07) is 13.4. The predicted molar refractivity (Wildman–Crippen MR) is 135 cm³/mol. The van der Waals surface area contributed by atoms with Gasteiger partial charge in [-0.25, -0.2) is 5.01 Å². The summed E-state index contributed by atoms with van der Waals surface area (Å²) in [5.41, 5.74) is 5.14. The van der Waals surface area contributed by atoms with Crippen LogP contribution in [0.1, 0.15) is 60.9 Å². The van der Waals surface area contributed by atoms with Gasteiger partial charge in [0.25, 0.3) is 5.91 Å². The number of hydrogen-bond donors (Lipinski definition) is 0. The SMILES string of the molecule is CCOC(=O)[C@@H]1CCCCN1CC(=O)N1N=C(c2cc(C)ccc2C)C[C@@H]1c1ccccc1OC. The van der Waals surface area contributed by atoms with Crippen LogP contribution >= 0.6 is 0 Å². The molecule has 4 rings (SSSR count). The Labute approximate surface area is 207 Å². The Morgan fingerprint density at radius 2 is 1.91 bits per heavy atom. The van der Waals surface area contributed by atoms with Crippen LogP contribution in [-0.2, 0) is 14.3 Å². The lowest BCUT2D eigenvalue weighted by Crippen LogP contribution is -2.49. The Hall–Kier alpha value is -3.19. The zero-order chi connectivity index (χ0) is 24.9. The molecule has 0 aliphatic carbocycles. The van der Waals surface area contributed by atoms with Gasteiger partial charge in [0.05, 0.1) is 32.0 Å². The molecule has 7 heteroatoms. The van der Waals surface area contributed by atoms with Gasteiger partial charge in [-0.1, -0.05) is 42.3 Å². The molecule has 2 aromatic carbocycles. The fraction of sp³-hybridized carbons (Fsp3) is 0.464. The molecule has 0 aromatic heterocycles. The van der Waals surface area contributed by atoms with E-state index in [2.05, 4.69) is 32.0 Å². The highest BCUT2D eigenvalue weighted by molar-refractivity contribution is 6.04. The number of hydrazone groups is 1. The minimum absolute atomic E-state index is 0.124. The first-order valence-corrected chi connectivity index (χ1v) is 12.4. The zero-order valence-corrected chi connectivity index (χ0v) is 21.1. The standard InChI is InChI=1S/C28H35N3O4/c1-5-35-28(33)24-11-8-9-15-30(24)18-27(32)31-25(21-10-6-7-12-26(21)34-4)17-23(29-31)22-16-19(2)13-14-20(22)3/h6-7,10,12-14,16,24-25H,5,8-9,11,15,17-18H2,1-4H3/t24-,25+/m0/s1. The third-order valence-corrected chi connectivity index (χ3v) is 6.88. The van der Waals surface area contributed by atoms with Crippen LogP contribution in [0.25, 0.3) is 0 Å². The maximum absolute atomic E-state index is 13.7. The van der Waals surface area contributed by atoms with E-state index in [1.54, 1.807) is 12.1 Å². The second-order valence-corrected chi connectivity index (χ2v) is 9.30. The molecule has 35 heavy (non-hydrogen) atoms. The van der Waals surface area contributed by atoms with Gasteiger partial charge in [0.1, 0.15) is 11.8 Å².